The second-order valence-electron chi connectivity index (χ2n) is 3.94. The molecule has 16 heavy (non-hydrogen) atoms. The zero-order valence-electron chi connectivity index (χ0n) is 9.57. The Hall–Kier alpha value is -1.76. The molecular weight excluding hydrogens is 196 g/mol. The summed E-state index contributed by atoms with van der Waals surface area (Å²) in [6, 6.07) is 8.16. The van der Waals surface area contributed by atoms with Gasteiger partial charge in [0.05, 0.1) is 0 Å². The third-order valence-corrected chi connectivity index (χ3v) is 3.07. The average Bonchev–Trinajstić information content (AvgIpc) is 2.46. The molecule has 1 aromatic rings. The normalized spacial score (nSPS) is 19.4. The van der Waals surface area contributed by atoms with E-state index in [1.54, 1.807) is 0 Å². The minimum Gasteiger partial charge on any atom is -0.489 e. The van der Waals surface area contributed by atoms with Crippen LogP contribution in [0.15, 0.2) is 60.7 Å². The molecule has 0 fully saturated rings. The molecule has 0 spiro atoms. The monoisotopic (exact) mass is 212 g/mol. The van der Waals surface area contributed by atoms with Gasteiger partial charge in [0.1, 0.15) is 12.4 Å². The summed E-state index contributed by atoms with van der Waals surface area (Å²) in [5, 5.41) is 0. The molecule has 0 bridgehead atoms. The maximum Gasteiger partial charge on any atom is 0.123 e. The lowest BCUT2D eigenvalue weighted by Gasteiger charge is -2.13. The van der Waals surface area contributed by atoms with Crippen molar-refractivity contribution in [2.45, 2.75) is 12.8 Å². The third kappa shape index (κ3) is 1.69. The standard InChI is InChI=1S/C15H16O/c1-4-12-10-16-15-9-7-6-8-14(15)11(3)13(12)5-2/h4-9,11H,1-2,10H2,3H3. The van der Waals surface area contributed by atoms with Crippen LogP contribution in [0.5, 0.6) is 5.75 Å². The molecule has 1 unspecified atom stereocenters. The fourth-order valence-corrected chi connectivity index (χ4v) is 2.14. The Morgan fingerprint density at radius 1 is 1.25 bits per heavy atom. The van der Waals surface area contributed by atoms with E-state index in [9.17, 15) is 0 Å². The molecular formula is C15H16O. The molecule has 2 rings (SSSR count). The van der Waals surface area contributed by atoms with Gasteiger partial charge in [-0.25, -0.2) is 0 Å². The van der Waals surface area contributed by atoms with Crippen molar-refractivity contribution < 1.29 is 4.74 Å². The van der Waals surface area contributed by atoms with Gasteiger partial charge in [-0.3, -0.25) is 0 Å². The number of fused-ring (bicyclic) bond motifs is 1. The molecule has 1 heteroatoms. The quantitative estimate of drug-likeness (QED) is 0.723. The van der Waals surface area contributed by atoms with Crippen LogP contribution >= 0.6 is 0 Å². The number of para-hydroxylation sites is 1. The van der Waals surface area contributed by atoms with E-state index in [-0.39, 0.29) is 0 Å². The fraction of sp³-hybridized carbons (Fsp3) is 0.200. The molecule has 1 aliphatic heterocycles. The molecule has 1 heterocycles. The van der Waals surface area contributed by atoms with Crippen LogP contribution in [0, 0.1) is 0 Å². The van der Waals surface area contributed by atoms with E-state index in [0.717, 1.165) is 11.3 Å². The van der Waals surface area contributed by atoms with Gasteiger partial charge in [-0.2, -0.15) is 0 Å². The number of allylic oxidation sites excluding steroid dienone is 2. The molecule has 0 saturated carbocycles. The van der Waals surface area contributed by atoms with Crippen molar-refractivity contribution in [3.05, 3.63) is 66.3 Å². The summed E-state index contributed by atoms with van der Waals surface area (Å²) in [5.74, 6) is 1.27. The maximum atomic E-state index is 5.78. The van der Waals surface area contributed by atoms with E-state index in [2.05, 4.69) is 26.1 Å². The Balaban J connectivity index is 2.55. The van der Waals surface area contributed by atoms with Crippen LogP contribution in [-0.2, 0) is 0 Å². The summed E-state index contributed by atoms with van der Waals surface area (Å²) in [5.41, 5.74) is 3.55. The first kappa shape index (κ1) is 10.7. The lowest BCUT2D eigenvalue weighted by molar-refractivity contribution is 0.355. The molecule has 0 aliphatic carbocycles. The summed E-state index contributed by atoms with van der Waals surface area (Å²) >= 11 is 0. The smallest absolute Gasteiger partial charge is 0.123 e. The predicted molar refractivity (Wildman–Crippen MR) is 67.8 cm³/mol. The van der Waals surface area contributed by atoms with Crippen molar-refractivity contribution in [2.24, 2.45) is 0 Å². The molecule has 1 nitrogen and oxygen atoms in total. The molecule has 1 aliphatic rings. The minimum atomic E-state index is 0.309. The Kier molecular flexibility index (Phi) is 2.95. The second-order valence-corrected chi connectivity index (χ2v) is 3.94. The molecule has 0 amide bonds. The predicted octanol–water partition coefficient (Wildman–Crippen LogP) is 3.85. The average molecular weight is 212 g/mol. The number of ether oxygens (including phenoxy) is 1. The Morgan fingerprint density at radius 3 is 2.69 bits per heavy atom. The number of benzene rings is 1. The lowest BCUT2D eigenvalue weighted by Crippen LogP contribution is -1.99. The van der Waals surface area contributed by atoms with Crippen molar-refractivity contribution in [1.29, 1.82) is 0 Å². The molecule has 0 saturated heterocycles. The third-order valence-electron chi connectivity index (χ3n) is 3.07. The van der Waals surface area contributed by atoms with Gasteiger partial charge in [0.15, 0.2) is 0 Å². The van der Waals surface area contributed by atoms with E-state index < -0.39 is 0 Å². The molecule has 0 radical (unpaired) electrons. The van der Waals surface area contributed by atoms with Crippen LogP contribution in [0.25, 0.3) is 0 Å². The Labute approximate surface area is 96.8 Å². The summed E-state index contributed by atoms with van der Waals surface area (Å²) in [4.78, 5) is 0. The van der Waals surface area contributed by atoms with Gasteiger partial charge in [-0.05, 0) is 17.2 Å². The van der Waals surface area contributed by atoms with Crippen molar-refractivity contribution in [2.75, 3.05) is 6.61 Å². The van der Waals surface area contributed by atoms with E-state index in [0.29, 0.717) is 12.5 Å². The minimum absolute atomic E-state index is 0.309. The van der Waals surface area contributed by atoms with Crippen molar-refractivity contribution in [1.82, 2.24) is 0 Å². The van der Waals surface area contributed by atoms with Gasteiger partial charge < -0.3 is 4.74 Å². The SMILES string of the molecule is C=CC1=C(C=C)C(C)c2ccccc2OC1. The largest absolute Gasteiger partial charge is 0.489 e. The molecule has 82 valence electrons. The first-order chi connectivity index (χ1) is 7.77. The van der Waals surface area contributed by atoms with E-state index in [1.165, 1.54) is 11.1 Å². The van der Waals surface area contributed by atoms with Gasteiger partial charge in [0, 0.05) is 11.5 Å². The first-order valence-electron chi connectivity index (χ1n) is 5.47. The Bertz CT molecular complexity index is 454. The van der Waals surface area contributed by atoms with E-state index in [1.807, 2.05) is 30.4 Å². The molecule has 0 aromatic heterocycles. The van der Waals surface area contributed by atoms with Gasteiger partial charge in [0.2, 0.25) is 0 Å². The summed E-state index contributed by atoms with van der Waals surface area (Å²) in [7, 11) is 0. The number of rotatable bonds is 2. The van der Waals surface area contributed by atoms with E-state index in [4.69, 9.17) is 4.74 Å². The zero-order chi connectivity index (χ0) is 11.5. The molecule has 0 N–H and O–H groups in total. The highest BCUT2D eigenvalue weighted by molar-refractivity contribution is 5.48. The summed E-state index contributed by atoms with van der Waals surface area (Å²) < 4.78 is 5.78. The van der Waals surface area contributed by atoms with Crippen molar-refractivity contribution in [3.63, 3.8) is 0 Å². The van der Waals surface area contributed by atoms with Gasteiger partial charge in [0.25, 0.3) is 0 Å². The van der Waals surface area contributed by atoms with Crippen LogP contribution in [0.4, 0.5) is 0 Å². The van der Waals surface area contributed by atoms with Crippen LogP contribution < -0.4 is 4.74 Å². The fourth-order valence-electron chi connectivity index (χ4n) is 2.14. The van der Waals surface area contributed by atoms with Gasteiger partial charge in [-0.1, -0.05) is 50.4 Å². The van der Waals surface area contributed by atoms with Crippen LogP contribution in [0.3, 0.4) is 0 Å². The Morgan fingerprint density at radius 2 is 2.00 bits per heavy atom. The highest BCUT2D eigenvalue weighted by Gasteiger charge is 2.19. The molecule has 1 aromatic carbocycles. The van der Waals surface area contributed by atoms with Crippen LogP contribution in [-0.4, -0.2) is 6.61 Å². The van der Waals surface area contributed by atoms with Gasteiger partial charge >= 0.3 is 0 Å². The van der Waals surface area contributed by atoms with Crippen LogP contribution in [0.1, 0.15) is 18.4 Å². The maximum absolute atomic E-state index is 5.78. The topological polar surface area (TPSA) is 9.23 Å². The highest BCUT2D eigenvalue weighted by atomic mass is 16.5. The number of hydrogen-bond acceptors (Lipinski definition) is 1. The molecule has 1 atom stereocenters. The lowest BCUT2D eigenvalue weighted by atomic mass is 9.90. The first-order valence-corrected chi connectivity index (χ1v) is 5.47. The van der Waals surface area contributed by atoms with Crippen molar-refractivity contribution >= 4 is 0 Å². The summed E-state index contributed by atoms with van der Waals surface area (Å²) in [6.45, 7) is 10.5. The van der Waals surface area contributed by atoms with E-state index >= 15 is 0 Å². The zero-order valence-corrected chi connectivity index (χ0v) is 9.57. The van der Waals surface area contributed by atoms with Crippen molar-refractivity contribution in [3.8, 4) is 5.75 Å². The van der Waals surface area contributed by atoms with Gasteiger partial charge in [-0.15, -0.1) is 0 Å². The summed E-state index contributed by atoms with van der Waals surface area (Å²) in [6.07, 6.45) is 3.77. The number of hydrogen-bond donors (Lipinski definition) is 0. The highest BCUT2D eigenvalue weighted by Crippen LogP contribution is 2.36. The second kappa shape index (κ2) is 4.40. The van der Waals surface area contributed by atoms with Crippen LogP contribution in [0.2, 0.25) is 0 Å².